The molecule has 1 N–H and O–H groups in total. The first kappa shape index (κ1) is 15.1. The van der Waals surface area contributed by atoms with E-state index in [1.54, 1.807) is 13.1 Å². The summed E-state index contributed by atoms with van der Waals surface area (Å²) in [7, 11) is 1.73. The van der Waals surface area contributed by atoms with Gasteiger partial charge in [-0.3, -0.25) is 0 Å². The zero-order valence-corrected chi connectivity index (χ0v) is 11.7. The topological polar surface area (TPSA) is 47.0 Å². The summed E-state index contributed by atoms with van der Waals surface area (Å²) in [6.07, 6.45) is -4.72. The van der Waals surface area contributed by atoms with E-state index in [1.165, 1.54) is 18.2 Å². The molecule has 4 nitrogen and oxygen atoms in total. The van der Waals surface area contributed by atoms with Gasteiger partial charge < -0.3 is 10.1 Å². The molecule has 0 bridgehead atoms. The molecule has 0 amide bonds. The Labute approximate surface area is 120 Å². The highest BCUT2D eigenvalue weighted by molar-refractivity contribution is 5.67. The summed E-state index contributed by atoms with van der Waals surface area (Å²) in [4.78, 5) is 0. The highest BCUT2D eigenvalue weighted by Crippen LogP contribution is 2.30. The Morgan fingerprint density at radius 1 is 1.10 bits per heavy atom. The van der Waals surface area contributed by atoms with Gasteiger partial charge in [0, 0.05) is 12.6 Å². The number of hydrogen-bond acceptors (Lipinski definition) is 4. The molecule has 0 fully saturated rings. The highest BCUT2D eigenvalue weighted by Gasteiger charge is 2.31. The van der Waals surface area contributed by atoms with E-state index in [9.17, 15) is 13.2 Å². The van der Waals surface area contributed by atoms with Gasteiger partial charge in [-0.2, -0.15) is 0 Å². The largest absolute Gasteiger partial charge is 0.573 e. The lowest BCUT2D eigenvalue weighted by Gasteiger charge is -2.12. The predicted octanol–water partition coefficient (Wildman–Crippen LogP) is 3.70. The van der Waals surface area contributed by atoms with E-state index in [2.05, 4.69) is 20.3 Å². The maximum Gasteiger partial charge on any atom is 0.573 e. The number of halogens is 3. The summed E-state index contributed by atoms with van der Waals surface area (Å²) in [6, 6.07) is 5.69. The number of hydrogen-bond donors (Lipinski definition) is 1. The molecule has 0 aliphatic carbocycles. The van der Waals surface area contributed by atoms with Crippen molar-refractivity contribution in [3.63, 3.8) is 0 Å². The van der Waals surface area contributed by atoms with E-state index in [1.807, 2.05) is 13.8 Å². The third-order valence-electron chi connectivity index (χ3n) is 3.10. The van der Waals surface area contributed by atoms with E-state index in [4.69, 9.17) is 0 Å². The molecule has 0 radical (unpaired) electrons. The molecule has 0 aliphatic rings. The van der Waals surface area contributed by atoms with Crippen molar-refractivity contribution < 1.29 is 17.9 Å². The van der Waals surface area contributed by atoms with Crippen molar-refractivity contribution in [1.29, 1.82) is 0 Å². The van der Waals surface area contributed by atoms with Gasteiger partial charge >= 0.3 is 6.36 Å². The number of rotatable bonds is 3. The fourth-order valence-corrected chi connectivity index (χ4v) is 1.96. The first-order valence-electron chi connectivity index (χ1n) is 6.19. The van der Waals surface area contributed by atoms with Crippen LogP contribution < -0.4 is 10.1 Å². The summed E-state index contributed by atoms with van der Waals surface area (Å²) in [5, 5.41) is 11.0. The van der Waals surface area contributed by atoms with Gasteiger partial charge in [-0.1, -0.05) is 12.1 Å². The van der Waals surface area contributed by atoms with Crippen molar-refractivity contribution in [1.82, 2.24) is 10.2 Å². The SMILES string of the molecule is CNc1nnc(-c2cccc(OC(F)(F)F)c2)c(C)c1C. The summed E-state index contributed by atoms with van der Waals surface area (Å²) < 4.78 is 40.7. The van der Waals surface area contributed by atoms with E-state index in [0.29, 0.717) is 17.1 Å². The van der Waals surface area contributed by atoms with E-state index >= 15 is 0 Å². The maximum absolute atomic E-state index is 12.3. The Bertz CT molecular complexity index is 656. The van der Waals surface area contributed by atoms with E-state index < -0.39 is 6.36 Å². The molecule has 0 spiro atoms. The third kappa shape index (κ3) is 3.42. The molecule has 0 unspecified atom stereocenters. The zero-order chi connectivity index (χ0) is 15.6. The lowest BCUT2D eigenvalue weighted by Crippen LogP contribution is -2.17. The van der Waals surface area contributed by atoms with Crippen molar-refractivity contribution in [3.8, 4) is 17.0 Å². The molecule has 7 heteroatoms. The number of nitrogens with zero attached hydrogens (tertiary/aromatic N) is 2. The lowest BCUT2D eigenvalue weighted by molar-refractivity contribution is -0.274. The molecule has 0 aliphatic heterocycles. The first-order valence-corrected chi connectivity index (χ1v) is 6.19. The van der Waals surface area contributed by atoms with Gasteiger partial charge in [-0.05, 0) is 37.1 Å². The Hall–Kier alpha value is -2.31. The summed E-state index contributed by atoms with van der Waals surface area (Å²) in [6.45, 7) is 3.72. The highest BCUT2D eigenvalue weighted by atomic mass is 19.4. The molecule has 1 aromatic carbocycles. The fraction of sp³-hybridized carbons (Fsp3) is 0.286. The van der Waals surface area contributed by atoms with Crippen LogP contribution in [0.1, 0.15) is 11.1 Å². The molecule has 0 saturated carbocycles. The van der Waals surface area contributed by atoms with E-state index in [-0.39, 0.29) is 5.75 Å². The van der Waals surface area contributed by atoms with Crippen LogP contribution in [0.15, 0.2) is 24.3 Å². The van der Waals surface area contributed by atoms with Gasteiger partial charge in [0.25, 0.3) is 0 Å². The minimum Gasteiger partial charge on any atom is -0.406 e. The van der Waals surface area contributed by atoms with Gasteiger partial charge in [0.15, 0.2) is 5.82 Å². The van der Waals surface area contributed by atoms with Gasteiger partial charge in [0.1, 0.15) is 5.75 Å². The fourth-order valence-electron chi connectivity index (χ4n) is 1.96. The van der Waals surface area contributed by atoms with Crippen molar-refractivity contribution in [2.75, 3.05) is 12.4 Å². The quantitative estimate of drug-likeness (QED) is 0.938. The molecular weight excluding hydrogens is 283 g/mol. The molecule has 2 rings (SSSR count). The van der Waals surface area contributed by atoms with Crippen molar-refractivity contribution in [3.05, 3.63) is 35.4 Å². The number of alkyl halides is 3. The van der Waals surface area contributed by atoms with Crippen LogP contribution in [0, 0.1) is 13.8 Å². The summed E-state index contributed by atoms with van der Waals surface area (Å²) in [5.74, 6) is 0.357. The van der Waals surface area contributed by atoms with Crippen LogP contribution >= 0.6 is 0 Å². The normalized spacial score (nSPS) is 11.3. The second-order valence-corrected chi connectivity index (χ2v) is 4.47. The van der Waals surface area contributed by atoms with Crippen LogP contribution in [0.5, 0.6) is 5.75 Å². The third-order valence-corrected chi connectivity index (χ3v) is 3.10. The van der Waals surface area contributed by atoms with Gasteiger partial charge in [0.2, 0.25) is 0 Å². The van der Waals surface area contributed by atoms with E-state index in [0.717, 1.165) is 11.1 Å². The van der Waals surface area contributed by atoms with Crippen LogP contribution in [-0.2, 0) is 0 Å². The zero-order valence-electron chi connectivity index (χ0n) is 11.7. The Balaban J connectivity index is 2.43. The van der Waals surface area contributed by atoms with Crippen LogP contribution in [0.25, 0.3) is 11.3 Å². The van der Waals surface area contributed by atoms with Gasteiger partial charge in [0.05, 0.1) is 5.69 Å². The maximum atomic E-state index is 12.3. The second-order valence-electron chi connectivity index (χ2n) is 4.47. The molecule has 2 aromatic rings. The predicted molar refractivity (Wildman–Crippen MR) is 73.2 cm³/mol. The minimum absolute atomic E-state index is 0.281. The molecule has 21 heavy (non-hydrogen) atoms. The number of benzene rings is 1. The van der Waals surface area contributed by atoms with Crippen LogP contribution in [-0.4, -0.2) is 23.6 Å². The van der Waals surface area contributed by atoms with Gasteiger partial charge in [-0.15, -0.1) is 23.4 Å². The average Bonchev–Trinajstić information content (AvgIpc) is 2.40. The average molecular weight is 297 g/mol. The molecule has 112 valence electrons. The van der Waals surface area contributed by atoms with Crippen LogP contribution in [0.4, 0.5) is 19.0 Å². The van der Waals surface area contributed by atoms with Crippen molar-refractivity contribution >= 4 is 5.82 Å². The molecule has 1 heterocycles. The minimum atomic E-state index is -4.72. The lowest BCUT2D eigenvalue weighted by atomic mass is 10.0. The van der Waals surface area contributed by atoms with Crippen molar-refractivity contribution in [2.24, 2.45) is 0 Å². The number of ether oxygens (including phenoxy) is 1. The number of aromatic nitrogens is 2. The Kier molecular flexibility index (Phi) is 4.02. The Morgan fingerprint density at radius 2 is 1.81 bits per heavy atom. The summed E-state index contributed by atoms with van der Waals surface area (Å²) >= 11 is 0. The molecule has 0 atom stereocenters. The second kappa shape index (κ2) is 5.59. The first-order chi connectivity index (χ1) is 9.81. The molecular formula is C14H14F3N3O. The van der Waals surface area contributed by atoms with Crippen molar-refractivity contribution in [2.45, 2.75) is 20.2 Å². The molecule has 1 aromatic heterocycles. The number of anilines is 1. The van der Waals surface area contributed by atoms with Gasteiger partial charge in [-0.25, -0.2) is 0 Å². The number of nitrogens with one attached hydrogen (secondary N) is 1. The monoisotopic (exact) mass is 297 g/mol. The smallest absolute Gasteiger partial charge is 0.406 e. The molecule has 0 saturated heterocycles. The van der Waals surface area contributed by atoms with Crippen LogP contribution in [0.2, 0.25) is 0 Å². The van der Waals surface area contributed by atoms with Crippen LogP contribution in [0.3, 0.4) is 0 Å². The summed E-state index contributed by atoms with van der Waals surface area (Å²) in [5.41, 5.74) is 2.79. The standard InChI is InChI=1S/C14H14F3N3O/c1-8-9(2)13(18-3)20-19-12(8)10-5-4-6-11(7-10)21-14(15,16)17/h4-7H,1-3H3,(H,18,20). The Morgan fingerprint density at radius 3 is 2.43 bits per heavy atom.